The van der Waals surface area contributed by atoms with Crippen LogP contribution < -0.4 is 0 Å². The maximum absolute atomic E-state index is 0. The van der Waals surface area contributed by atoms with Crippen molar-refractivity contribution in [2.24, 2.45) is 0 Å². The van der Waals surface area contributed by atoms with Gasteiger partial charge >= 0.3 is 0 Å². The van der Waals surface area contributed by atoms with Gasteiger partial charge in [0, 0.05) is 93.0 Å². The monoisotopic (exact) mass is 229 g/mol. The SMILES string of the molecule is O.[Ce].[Na].[Ti]. The molecular weight excluding hydrogens is 227 g/mol. The molecule has 1 nitrogen and oxygen atoms in total. The van der Waals surface area contributed by atoms with Gasteiger partial charge < -0.3 is 5.48 Å². The van der Waals surface area contributed by atoms with Gasteiger partial charge in [0.1, 0.15) is 0 Å². The third-order valence-corrected chi connectivity index (χ3v) is 0. The molecule has 1 radical (unpaired) electrons. The maximum atomic E-state index is 0. The number of rotatable bonds is 0. The van der Waals surface area contributed by atoms with E-state index in [0.717, 1.165) is 0 Å². The predicted molar refractivity (Wildman–Crippen MR) is 9.37 cm³/mol. The molecule has 0 aromatic carbocycles. The summed E-state index contributed by atoms with van der Waals surface area (Å²) in [6, 6.07) is 0. The molecule has 0 aromatic rings. The zero-order chi connectivity index (χ0) is 0. The molecular formula is H2CeNaOTi. The molecule has 0 rings (SSSR count). The molecule has 0 bridgehead atoms. The number of hydrogen-bond donors (Lipinski definition) is 0. The summed E-state index contributed by atoms with van der Waals surface area (Å²) in [5.41, 5.74) is 0. The maximum Gasteiger partial charge on any atom is 0 e. The van der Waals surface area contributed by atoms with Crippen LogP contribution in [0.3, 0.4) is 0 Å². The van der Waals surface area contributed by atoms with Gasteiger partial charge in [0.2, 0.25) is 0 Å². The van der Waals surface area contributed by atoms with Crippen molar-refractivity contribution in [3.8, 4) is 0 Å². The van der Waals surface area contributed by atoms with E-state index in [1.165, 1.54) is 0 Å². The molecule has 17 valence electrons. The molecule has 0 saturated carbocycles. The smallest absolute Gasteiger partial charge is 0 e. The van der Waals surface area contributed by atoms with E-state index in [9.17, 15) is 0 Å². The van der Waals surface area contributed by atoms with Crippen LogP contribution >= 0.6 is 0 Å². The molecule has 0 unspecified atom stereocenters. The average molecular weight is 229 g/mol. The summed E-state index contributed by atoms with van der Waals surface area (Å²) in [5, 5.41) is 0. The normalized spacial score (nSPS) is 0. The first-order chi connectivity index (χ1) is 0. The largest absolute Gasteiger partial charge is 0.412 e. The Labute approximate surface area is 96.2 Å². The van der Waals surface area contributed by atoms with E-state index in [0.29, 0.717) is 0 Å². The van der Waals surface area contributed by atoms with Gasteiger partial charge in [-0.15, -0.1) is 0 Å². The van der Waals surface area contributed by atoms with Gasteiger partial charge in [-0.25, -0.2) is 0 Å². The second-order valence-corrected chi connectivity index (χ2v) is 0. The fraction of sp³-hybridized carbons (Fsp3) is 0. The first kappa shape index (κ1) is 27.7. The molecule has 4 heteroatoms. The summed E-state index contributed by atoms with van der Waals surface area (Å²) in [5.74, 6) is 0. The van der Waals surface area contributed by atoms with Crippen molar-refractivity contribution in [3.63, 3.8) is 0 Å². The zero-order valence-corrected chi connectivity index (χ0v) is 9.20. The summed E-state index contributed by atoms with van der Waals surface area (Å²) in [6.07, 6.45) is 0. The molecule has 0 spiro atoms. The molecule has 0 aromatic heterocycles. The minimum absolute atomic E-state index is 0. The molecule has 0 saturated heterocycles. The third-order valence-electron chi connectivity index (χ3n) is 0. The van der Waals surface area contributed by atoms with Crippen LogP contribution in [-0.4, -0.2) is 35.0 Å². The summed E-state index contributed by atoms with van der Waals surface area (Å²) in [6.45, 7) is 0. The fourth-order valence-electron chi connectivity index (χ4n) is 0. The van der Waals surface area contributed by atoms with Crippen molar-refractivity contribution < 1.29 is 68.9 Å². The van der Waals surface area contributed by atoms with Crippen LogP contribution in [0, 0.1) is 41.7 Å². The van der Waals surface area contributed by atoms with Crippen molar-refractivity contribution in [1.29, 1.82) is 0 Å². The first-order valence-corrected chi connectivity index (χ1v) is 0. The van der Waals surface area contributed by atoms with Crippen LogP contribution in [0.4, 0.5) is 0 Å². The van der Waals surface area contributed by atoms with E-state index >= 15 is 0 Å². The van der Waals surface area contributed by atoms with Crippen LogP contribution in [0.1, 0.15) is 0 Å². The van der Waals surface area contributed by atoms with Gasteiger partial charge in [-0.1, -0.05) is 0 Å². The van der Waals surface area contributed by atoms with E-state index in [1.807, 2.05) is 0 Å². The van der Waals surface area contributed by atoms with Crippen LogP contribution in [0.15, 0.2) is 0 Å². The molecule has 2 N–H and O–H groups in total. The summed E-state index contributed by atoms with van der Waals surface area (Å²) >= 11 is 0. The van der Waals surface area contributed by atoms with Gasteiger partial charge in [-0.05, 0) is 0 Å². The topological polar surface area (TPSA) is 31.5 Å². The molecule has 0 amide bonds. The Balaban J connectivity index is 0. The summed E-state index contributed by atoms with van der Waals surface area (Å²) in [4.78, 5) is 0. The standard InChI is InChI=1S/Ce.Na.H2O.Ti/h;;1H2;. The van der Waals surface area contributed by atoms with E-state index in [2.05, 4.69) is 0 Å². The molecule has 0 aliphatic rings. The molecule has 4 heavy (non-hydrogen) atoms. The Hall–Kier alpha value is 3.05. The molecule has 0 heterocycles. The summed E-state index contributed by atoms with van der Waals surface area (Å²) in [7, 11) is 0. The Morgan fingerprint density at radius 3 is 1.00 bits per heavy atom. The predicted octanol–water partition coefficient (Wildman–Crippen LogP) is -1.21. The van der Waals surface area contributed by atoms with E-state index in [-0.39, 0.29) is 98.5 Å². The molecule has 0 aliphatic carbocycles. The van der Waals surface area contributed by atoms with E-state index < -0.39 is 0 Å². The fourth-order valence-corrected chi connectivity index (χ4v) is 0. The molecule has 0 atom stereocenters. The van der Waals surface area contributed by atoms with Crippen molar-refractivity contribution in [2.75, 3.05) is 0 Å². The van der Waals surface area contributed by atoms with Crippen molar-refractivity contribution >= 4 is 29.6 Å². The van der Waals surface area contributed by atoms with E-state index in [4.69, 9.17) is 0 Å². The van der Waals surface area contributed by atoms with Crippen LogP contribution in [-0.2, 0) is 21.7 Å². The van der Waals surface area contributed by atoms with E-state index in [1.54, 1.807) is 0 Å². The van der Waals surface area contributed by atoms with Crippen molar-refractivity contribution in [1.82, 2.24) is 0 Å². The van der Waals surface area contributed by atoms with Gasteiger partial charge in [0.15, 0.2) is 0 Å². The van der Waals surface area contributed by atoms with Crippen LogP contribution in [0.2, 0.25) is 0 Å². The molecule has 0 aliphatic heterocycles. The minimum atomic E-state index is 0. The minimum Gasteiger partial charge on any atom is -0.412 e. The first-order valence-electron chi connectivity index (χ1n) is 0. The molecule has 0 fully saturated rings. The number of hydrogen-bond acceptors (Lipinski definition) is 0. The van der Waals surface area contributed by atoms with Crippen LogP contribution in [0.25, 0.3) is 0 Å². The van der Waals surface area contributed by atoms with Crippen molar-refractivity contribution in [2.45, 2.75) is 0 Å². The summed E-state index contributed by atoms with van der Waals surface area (Å²) < 4.78 is 0. The second-order valence-electron chi connectivity index (χ2n) is 0. The van der Waals surface area contributed by atoms with Gasteiger partial charge in [-0.3, -0.25) is 0 Å². The Morgan fingerprint density at radius 2 is 1.00 bits per heavy atom. The van der Waals surface area contributed by atoms with Gasteiger partial charge in [0.05, 0.1) is 0 Å². The van der Waals surface area contributed by atoms with Gasteiger partial charge in [-0.2, -0.15) is 0 Å². The Kier molecular flexibility index (Phi) is 115. The Morgan fingerprint density at radius 1 is 1.00 bits per heavy atom. The van der Waals surface area contributed by atoms with Gasteiger partial charge in [0.25, 0.3) is 0 Å². The zero-order valence-electron chi connectivity index (χ0n) is 2.50. The quantitative estimate of drug-likeness (QED) is 0.467. The average Bonchev–Trinajstić information content (AvgIpc) is 0. The van der Waals surface area contributed by atoms with Crippen LogP contribution in [0.5, 0.6) is 0 Å². The Bertz CT molecular complexity index is 8.00. The van der Waals surface area contributed by atoms with Crippen molar-refractivity contribution in [3.05, 3.63) is 0 Å². The second kappa shape index (κ2) is 16.6. The third kappa shape index (κ3) is 8.90.